The molecule has 1 unspecified atom stereocenters. The molecule has 0 spiro atoms. The Morgan fingerprint density at radius 3 is 2.80 bits per heavy atom. The minimum atomic E-state index is -0.162. The second-order valence-corrected chi connectivity index (χ2v) is 5.59. The van der Waals surface area contributed by atoms with E-state index in [4.69, 9.17) is 0 Å². The molecule has 20 heavy (non-hydrogen) atoms. The molecule has 0 fully saturated rings. The minimum absolute atomic E-state index is 0.0234. The summed E-state index contributed by atoms with van der Waals surface area (Å²) >= 11 is 3.54. The summed E-state index contributed by atoms with van der Waals surface area (Å²) in [5.74, 6) is -0.162. The van der Waals surface area contributed by atoms with Gasteiger partial charge < -0.3 is 5.32 Å². The van der Waals surface area contributed by atoms with Crippen LogP contribution in [0.4, 0.5) is 4.39 Å². The van der Waals surface area contributed by atoms with Gasteiger partial charge in [0.2, 0.25) is 0 Å². The number of hydrogen-bond acceptors (Lipinski definition) is 2. The molecule has 0 amide bonds. The topological polar surface area (TPSA) is 29.9 Å². The Morgan fingerprint density at radius 2 is 2.15 bits per heavy atom. The van der Waals surface area contributed by atoms with Crippen molar-refractivity contribution in [3.63, 3.8) is 0 Å². The first-order valence-corrected chi connectivity index (χ1v) is 7.58. The third kappa shape index (κ3) is 3.27. The van der Waals surface area contributed by atoms with Crippen LogP contribution < -0.4 is 5.32 Å². The Bertz CT molecular complexity index is 568. The highest BCUT2D eigenvalue weighted by Gasteiger charge is 2.20. The molecule has 1 aromatic carbocycles. The van der Waals surface area contributed by atoms with Gasteiger partial charge in [-0.15, -0.1) is 0 Å². The highest BCUT2D eigenvalue weighted by atomic mass is 79.9. The summed E-state index contributed by atoms with van der Waals surface area (Å²) in [5, 5.41) is 7.64. The van der Waals surface area contributed by atoms with E-state index in [1.54, 1.807) is 12.3 Å². The number of aryl methyl sites for hydroxylation is 1. The molecule has 1 aromatic heterocycles. The summed E-state index contributed by atoms with van der Waals surface area (Å²) in [5.41, 5.74) is 1.78. The maximum absolute atomic E-state index is 13.8. The molecule has 1 N–H and O–H groups in total. The van der Waals surface area contributed by atoms with Crippen molar-refractivity contribution in [3.8, 4) is 0 Å². The van der Waals surface area contributed by atoms with Crippen molar-refractivity contribution >= 4 is 15.9 Å². The number of benzene rings is 1. The van der Waals surface area contributed by atoms with Crippen molar-refractivity contribution in [1.29, 1.82) is 0 Å². The molecule has 0 radical (unpaired) electrons. The molecule has 0 bridgehead atoms. The number of nitrogens with one attached hydrogen (secondary N) is 1. The average Bonchev–Trinajstić information content (AvgIpc) is 2.80. The van der Waals surface area contributed by atoms with E-state index in [1.165, 1.54) is 6.07 Å². The molecule has 0 aliphatic heterocycles. The van der Waals surface area contributed by atoms with E-state index < -0.39 is 0 Å². The molecule has 0 aliphatic carbocycles. The Kier molecular flexibility index (Phi) is 5.31. The third-order valence-electron chi connectivity index (χ3n) is 3.33. The van der Waals surface area contributed by atoms with Gasteiger partial charge in [0.1, 0.15) is 5.82 Å². The molecule has 5 heteroatoms. The molecule has 0 aliphatic rings. The maximum Gasteiger partial charge on any atom is 0.126 e. The predicted octanol–water partition coefficient (Wildman–Crippen LogP) is 3.70. The second kappa shape index (κ2) is 6.99. The summed E-state index contributed by atoms with van der Waals surface area (Å²) in [6.45, 7) is 2.97. The largest absolute Gasteiger partial charge is 0.311 e. The van der Waals surface area contributed by atoms with Gasteiger partial charge in [-0.05, 0) is 47.4 Å². The Hall–Kier alpha value is -1.20. The highest BCUT2D eigenvalue weighted by molar-refractivity contribution is 9.10. The van der Waals surface area contributed by atoms with Crippen molar-refractivity contribution in [1.82, 2.24) is 15.1 Å². The number of likely N-dealkylation sites (N-methyl/N-ethyl adjacent to an activating group) is 1. The van der Waals surface area contributed by atoms with Gasteiger partial charge in [0.15, 0.2) is 0 Å². The van der Waals surface area contributed by atoms with Crippen LogP contribution in [0, 0.1) is 5.82 Å². The SMILES string of the molecule is CCCn1ncc(Br)c1C(Cc1ccccc1F)NC. The second-order valence-electron chi connectivity index (χ2n) is 4.74. The van der Waals surface area contributed by atoms with E-state index in [9.17, 15) is 4.39 Å². The first-order valence-electron chi connectivity index (χ1n) is 6.79. The van der Waals surface area contributed by atoms with Crippen LogP contribution in [0.2, 0.25) is 0 Å². The summed E-state index contributed by atoms with van der Waals surface area (Å²) in [7, 11) is 1.89. The van der Waals surface area contributed by atoms with Gasteiger partial charge in [0.05, 0.1) is 22.4 Å². The number of halogens is 2. The third-order valence-corrected chi connectivity index (χ3v) is 3.94. The standard InChI is InChI=1S/C15H19BrFN3/c1-3-8-20-15(12(16)10-19-20)14(18-2)9-11-6-4-5-7-13(11)17/h4-7,10,14,18H,3,8-9H2,1-2H3. The van der Waals surface area contributed by atoms with Crippen molar-refractivity contribution < 1.29 is 4.39 Å². The van der Waals surface area contributed by atoms with Gasteiger partial charge in [-0.25, -0.2) is 4.39 Å². The van der Waals surface area contributed by atoms with E-state index in [0.717, 1.165) is 23.1 Å². The van der Waals surface area contributed by atoms with Gasteiger partial charge in [0.25, 0.3) is 0 Å². The lowest BCUT2D eigenvalue weighted by Crippen LogP contribution is -2.23. The fourth-order valence-electron chi connectivity index (χ4n) is 2.33. The summed E-state index contributed by atoms with van der Waals surface area (Å²) in [6.07, 6.45) is 3.41. The summed E-state index contributed by atoms with van der Waals surface area (Å²) < 4.78 is 16.8. The molecular weight excluding hydrogens is 321 g/mol. The summed E-state index contributed by atoms with van der Waals surface area (Å²) in [6, 6.07) is 6.93. The zero-order valence-corrected chi connectivity index (χ0v) is 13.3. The highest BCUT2D eigenvalue weighted by Crippen LogP contribution is 2.27. The first-order chi connectivity index (χ1) is 9.67. The van der Waals surface area contributed by atoms with Crippen molar-refractivity contribution in [2.75, 3.05) is 7.05 Å². The maximum atomic E-state index is 13.8. The quantitative estimate of drug-likeness (QED) is 0.869. The van der Waals surface area contributed by atoms with Gasteiger partial charge in [0, 0.05) is 6.54 Å². The molecule has 1 heterocycles. The van der Waals surface area contributed by atoms with Crippen LogP contribution in [0.25, 0.3) is 0 Å². The number of nitrogens with zero attached hydrogens (tertiary/aromatic N) is 2. The molecule has 3 nitrogen and oxygen atoms in total. The Morgan fingerprint density at radius 1 is 1.40 bits per heavy atom. The first kappa shape index (κ1) is 15.2. The molecule has 108 valence electrons. The normalized spacial score (nSPS) is 12.6. The zero-order valence-electron chi connectivity index (χ0n) is 11.7. The number of hydrogen-bond donors (Lipinski definition) is 1. The molecular formula is C15H19BrFN3. The Labute approximate surface area is 127 Å². The molecule has 1 atom stereocenters. The van der Waals surface area contributed by atoms with Gasteiger partial charge in [-0.1, -0.05) is 25.1 Å². The van der Waals surface area contributed by atoms with Crippen LogP contribution >= 0.6 is 15.9 Å². The average molecular weight is 340 g/mol. The molecule has 2 aromatic rings. The molecule has 2 rings (SSSR count). The van der Waals surface area contributed by atoms with Crippen molar-refractivity contribution in [2.24, 2.45) is 0 Å². The van der Waals surface area contributed by atoms with E-state index in [-0.39, 0.29) is 11.9 Å². The molecule has 0 saturated heterocycles. The van der Waals surface area contributed by atoms with Gasteiger partial charge in [-0.2, -0.15) is 5.10 Å². The van der Waals surface area contributed by atoms with Crippen LogP contribution in [0.5, 0.6) is 0 Å². The van der Waals surface area contributed by atoms with Crippen LogP contribution in [0.3, 0.4) is 0 Å². The van der Waals surface area contributed by atoms with Gasteiger partial charge in [-0.3, -0.25) is 4.68 Å². The fraction of sp³-hybridized carbons (Fsp3) is 0.400. The van der Waals surface area contributed by atoms with Crippen molar-refractivity contribution in [2.45, 2.75) is 32.4 Å². The number of aromatic nitrogens is 2. The van der Waals surface area contributed by atoms with E-state index in [2.05, 4.69) is 33.3 Å². The zero-order chi connectivity index (χ0) is 14.5. The van der Waals surface area contributed by atoms with Crippen LogP contribution in [0.1, 0.15) is 30.6 Å². The lowest BCUT2D eigenvalue weighted by Gasteiger charge is -2.19. The summed E-state index contributed by atoms with van der Waals surface area (Å²) in [4.78, 5) is 0. The van der Waals surface area contributed by atoms with Crippen LogP contribution in [-0.4, -0.2) is 16.8 Å². The minimum Gasteiger partial charge on any atom is -0.311 e. The predicted molar refractivity (Wildman–Crippen MR) is 82.1 cm³/mol. The van der Waals surface area contributed by atoms with Crippen LogP contribution in [-0.2, 0) is 13.0 Å². The van der Waals surface area contributed by atoms with Crippen molar-refractivity contribution in [3.05, 3.63) is 52.0 Å². The lowest BCUT2D eigenvalue weighted by molar-refractivity contribution is 0.487. The fourth-order valence-corrected chi connectivity index (χ4v) is 2.90. The lowest BCUT2D eigenvalue weighted by atomic mass is 10.0. The van der Waals surface area contributed by atoms with E-state index in [0.29, 0.717) is 12.0 Å². The molecule has 0 saturated carbocycles. The smallest absolute Gasteiger partial charge is 0.126 e. The van der Waals surface area contributed by atoms with Gasteiger partial charge >= 0.3 is 0 Å². The Balaban J connectivity index is 2.29. The number of rotatable bonds is 6. The van der Waals surface area contributed by atoms with E-state index in [1.807, 2.05) is 23.9 Å². The monoisotopic (exact) mass is 339 g/mol. The van der Waals surface area contributed by atoms with Crippen LogP contribution in [0.15, 0.2) is 34.9 Å². The van der Waals surface area contributed by atoms with E-state index >= 15 is 0 Å².